The lowest BCUT2D eigenvalue weighted by Gasteiger charge is -2.11. The molecule has 0 bridgehead atoms. The van der Waals surface area contributed by atoms with Crippen LogP contribution in [0.5, 0.6) is 0 Å². The highest BCUT2D eigenvalue weighted by molar-refractivity contribution is 6.20. The van der Waals surface area contributed by atoms with Crippen molar-refractivity contribution in [2.75, 3.05) is 13.2 Å². The van der Waals surface area contributed by atoms with Crippen LogP contribution >= 0.6 is 11.6 Å². The van der Waals surface area contributed by atoms with Crippen molar-refractivity contribution in [3.8, 4) is 6.07 Å². The Kier molecular flexibility index (Phi) is 5.60. The van der Waals surface area contributed by atoms with Crippen LogP contribution < -0.4 is 0 Å². The fraction of sp³-hybridized carbons (Fsp3) is 0.500. The molecule has 0 radical (unpaired) electrons. The average Bonchev–Trinajstić information content (AvgIpc) is 2.85. The highest BCUT2D eigenvalue weighted by Gasteiger charge is 2.15. The van der Waals surface area contributed by atoms with Crippen molar-refractivity contribution in [1.29, 1.82) is 5.26 Å². The smallest absolute Gasteiger partial charge is 0.127 e. The number of benzene rings is 1. The van der Waals surface area contributed by atoms with Crippen LogP contribution in [0.1, 0.15) is 43.5 Å². The highest BCUT2D eigenvalue weighted by Crippen LogP contribution is 2.25. The summed E-state index contributed by atoms with van der Waals surface area (Å²) >= 11 is 6.23. The molecule has 0 saturated heterocycles. The van der Waals surface area contributed by atoms with Gasteiger partial charge in [-0.2, -0.15) is 5.26 Å². The Labute approximate surface area is 130 Å². The van der Waals surface area contributed by atoms with Crippen LogP contribution in [0.4, 0.5) is 0 Å². The highest BCUT2D eigenvalue weighted by atomic mass is 35.5. The number of nitriles is 1. The molecule has 4 nitrogen and oxygen atoms in total. The molecule has 0 amide bonds. The third-order valence-electron chi connectivity index (χ3n) is 3.36. The zero-order chi connectivity index (χ0) is 15.2. The molecule has 1 atom stereocenters. The van der Waals surface area contributed by atoms with Crippen LogP contribution in [0.15, 0.2) is 18.2 Å². The van der Waals surface area contributed by atoms with Gasteiger partial charge in [0.25, 0.3) is 0 Å². The molecular formula is C16H20ClN3O. The minimum absolute atomic E-state index is 0.182. The second-order valence-corrected chi connectivity index (χ2v) is 5.67. The van der Waals surface area contributed by atoms with Crippen LogP contribution in [0.25, 0.3) is 11.0 Å². The van der Waals surface area contributed by atoms with Gasteiger partial charge in [-0.15, -0.1) is 11.6 Å². The number of nitrogens with zero attached hydrogens (tertiary/aromatic N) is 3. The Balaban J connectivity index is 2.25. The molecule has 0 fully saturated rings. The van der Waals surface area contributed by atoms with E-state index < -0.39 is 0 Å². The van der Waals surface area contributed by atoms with Gasteiger partial charge in [0.1, 0.15) is 5.82 Å². The summed E-state index contributed by atoms with van der Waals surface area (Å²) in [4.78, 5) is 4.57. The molecule has 1 heterocycles. The summed E-state index contributed by atoms with van der Waals surface area (Å²) in [5, 5.41) is 8.86. The standard InChI is InChI=1S/C16H20ClN3O/c1-3-4-8-21-9-7-20-15-10-13(11-18)5-6-14(15)19-16(20)12(2)17/h5-6,10,12H,3-4,7-9H2,1-2H3. The van der Waals surface area contributed by atoms with Crippen molar-refractivity contribution in [2.24, 2.45) is 0 Å². The molecular weight excluding hydrogens is 286 g/mol. The summed E-state index contributed by atoms with van der Waals surface area (Å²) in [5.74, 6) is 0.820. The van der Waals surface area contributed by atoms with Crippen molar-refractivity contribution < 1.29 is 4.74 Å². The number of aromatic nitrogens is 2. The number of ether oxygens (including phenoxy) is 1. The third-order valence-corrected chi connectivity index (χ3v) is 3.56. The lowest BCUT2D eigenvalue weighted by Crippen LogP contribution is -2.10. The summed E-state index contributed by atoms with van der Waals surface area (Å²) in [6.07, 6.45) is 2.20. The van der Waals surface area contributed by atoms with Gasteiger partial charge in [-0.25, -0.2) is 4.98 Å². The van der Waals surface area contributed by atoms with E-state index in [1.54, 1.807) is 6.07 Å². The number of halogens is 1. The van der Waals surface area contributed by atoms with Crippen LogP contribution in [0.2, 0.25) is 0 Å². The molecule has 5 heteroatoms. The first-order chi connectivity index (χ1) is 10.2. The van der Waals surface area contributed by atoms with Crippen molar-refractivity contribution in [2.45, 2.75) is 38.6 Å². The molecule has 0 aliphatic heterocycles. The van der Waals surface area contributed by atoms with Crippen LogP contribution in [0.3, 0.4) is 0 Å². The van der Waals surface area contributed by atoms with E-state index in [0.717, 1.165) is 36.3 Å². The monoisotopic (exact) mass is 305 g/mol. The maximum atomic E-state index is 9.05. The molecule has 2 rings (SSSR count). The van der Waals surface area contributed by atoms with Gasteiger partial charge in [0, 0.05) is 13.2 Å². The summed E-state index contributed by atoms with van der Waals surface area (Å²) in [7, 11) is 0. The van der Waals surface area contributed by atoms with Crippen molar-refractivity contribution in [1.82, 2.24) is 9.55 Å². The molecule has 0 aliphatic carbocycles. The van der Waals surface area contributed by atoms with E-state index in [-0.39, 0.29) is 5.38 Å². The van der Waals surface area contributed by atoms with E-state index >= 15 is 0 Å². The minimum Gasteiger partial charge on any atom is -0.380 e. The van der Waals surface area contributed by atoms with E-state index in [2.05, 4.69) is 22.5 Å². The average molecular weight is 306 g/mol. The number of hydrogen-bond acceptors (Lipinski definition) is 3. The van der Waals surface area contributed by atoms with Gasteiger partial charge in [0.15, 0.2) is 0 Å². The van der Waals surface area contributed by atoms with E-state index in [0.29, 0.717) is 18.7 Å². The molecule has 1 aromatic heterocycles. The number of unbranched alkanes of at least 4 members (excludes halogenated alkanes) is 1. The third kappa shape index (κ3) is 3.75. The largest absolute Gasteiger partial charge is 0.380 e. The van der Waals surface area contributed by atoms with Gasteiger partial charge in [-0.05, 0) is 31.5 Å². The topological polar surface area (TPSA) is 50.8 Å². The normalized spacial score (nSPS) is 12.5. The molecule has 0 aliphatic rings. The number of imidazole rings is 1. The maximum Gasteiger partial charge on any atom is 0.127 e. The number of alkyl halides is 1. The zero-order valence-electron chi connectivity index (χ0n) is 12.5. The van der Waals surface area contributed by atoms with Gasteiger partial charge in [0.05, 0.1) is 34.7 Å². The second-order valence-electron chi connectivity index (χ2n) is 5.02. The van der Waals surface area contributed by atoms with Gasteiger partial charge in [-0.1, -0.05) is 13.3 Å². The Hall–Kier alpha value is -1.57. The molecule has 0 saturated carbocycles. The fourth-order valence-corrected chi connectivity index (χ4v) is 2.42. The molecule has 1 unspecified atom stereocenters. The molecule has 21 heavy (non-hydrogen) atoms. The molecule has 0 N–H and O–H groups in total. The zero-order valence-corrected chi connectivity index (χ0v) is 13.2. The minimum atomic E-state index is -0.182. The lowest BCUT2D eigenvalue weighted by molar-refractivity contribution is 0.123. The van der Waals surface area contributed by atoms with Gasteiger partial charge in [-0.3, -0.25) is 0 Å². The number of rotatable bonds is 7. The molecule has 2 aromatic rings. The van der Waals surface area contributed by atoms with Crippen molar-refractivity contribution in [3.05, 3.63) is 29.6 Å². The predicted octanol–water partition coefficient (Wildman–Crippen LogP) is 4.02. The van der Waals surface area contributed by atoms with Gasteiger partial charge in [0.2, 0.25) is 0 Å². The number of fused-ring (bicyclic) bond motifs is 1. The predicted molar refractivity (Wildman–Crippen MR) is 84.4 cm³/mol. The quantitative estimate of drug-likeness (QED) is 0.573. The summed E-state index contributed by atoms with van der Waals surface area (Å²) in [5.41, 5.74) is 2.44. The van der Waals surface area contributed by atoms with E-state index in [9.17, 15) is 0 Å². The van der Waals surface area contributed by atoms with Crippen LogP contribution in [0, 0.1) is 11.3 Å². The van der Waals surface area contributed by atoms with E-state index in [1.807, 2.05) is 19.1 Å². The summed E-state index contributed by atoms with van der Waals surface area (Å²) < 4.78 is 7.69. The second kappa shape index (κ2) is 7.44. The first-order valence-electron chi connectivity index (χ1n) is 7.29. The van der Waals surface area contributed by atoms with Crippen LogP contribution in [-0.4, -0.2) is 22.8 Å². The Bertz CT molecular complexity index is 643. The van der Waals surface area contributed by atoms with E-state index in [4.69, 9.17) is 21.6 Å². The summed E-state index contributed by atoms with van der Waals surface area (Å²) in [6, 6.07) is 7.67. The van der Waals surface area contributed by atoms with Crippen LogP contribution in [-0.2, 0) is 11.3 Å². The Morgan fingerprint density at radius 1 is 1.43 bits per heavy atom. The van der Waals surface area contributed by atoms with E-state index in [1.165, 1.54) is 0 Å². The first kappa shape index (κ1) is 15.8. The first-order valence-corrected chi connectivity index (χ1v) is 7.73. The number of hydrogen-bond donors (Lipinski definition) is 0. The van der Waals surface area contributed by atoms with Crippen molar-refractivity contribution in [3.63, 3.8) is 0 Å². The maximum absolute atomic E-state index is 9.05. The molecule has 112 valence electrons. The summed E-state index contributed by atoms with van der Waals surface area (Å²) in [6.45, 7) is 6.14. The van der Waals surface area contributed by atoms with Crippen molar-refractivity contribution >= 4 is 22.6 Å². The fourth-order valence-electron chi connectivity index (χ4n) is 2.25. The molecule has 0 spiro atoms. The molecule has 1 aromatic carbocycles. The van der Waals surface area contributed by atoms with Gasteiger partial charge >= 0.3 is 0 Å². The SMILES string of the molecule is CCCCOCCn1c(C(C)Cl)nc2ccc(C#N)cc21. The van der Waals surface area contributed by atoms with Gasteiger partial charge < -0.3 is 9.30 Å². The Morgan fingerprint density at radius 2 is 2.24 bits per heavy atom. The lowest BCUT2D eigenvalue weighted by atomic mass is 10.2. The Morgan fingerprint density at radius 3 is 2.90 bits per heavy atom.